The van der Waals surface area contributed by atoms with E-state index in [0.29, 0.717) is 32.4 Å². The molecule has 0 atom stereocenters. The number of nitriles is 2. The molecule has 2 aromatic rings. The number of carbonyl (C=O) groups is 4. The van der Waals surface area contributed by atoms with Crippen LogP contribution in [0.3, 0.4) is 0 Å². The van der Waals surface area contributed by atoms with Gasteiger partial charge in [-0.3, -0.25) is 19.2 Å². The zero-order valence-electron chi connectivity index (χ0n) is 24.3. The lowest BCUT2D eigenvalue weighted by Gasteiger charge is -2.27. The number of hydrogen-bond donors (Lipinski definition) is 3. The zero-order valence-corrected chi connectivity index (χ0v) is 24.3. The number of allylic oxidation sites excluding steroid dienone is 4. The molecule has 0 saturated carbocycles. The fourth-order valence-electron chi connectivity index (χ4n) is 5.36. The van der Waals surface area contributed by atoms with Crippen LogP contribution in [-0.4, -0.2) is 65.0 Å². The first-order valence-electron chi connectivity index (χ1n) is 14.0. The normalized spacial score (nSPS) is 14.0. The molecule has 43 heavy (non-hydrogen) atoms. The second kappa shape index (κ2) is 14.6. The van der Waals surface area contributed by atoms with Gasteiger partial charge in [-0.05, 0) is 47.4 Å². The molecule has 1 aliphatic heterocycles. The number of unbranched alkanes of at least 4 members (excludes halogenated alkanes) is 2. The van der Waals surface area contributed by atoms with Gasteiger partial charge in [0.2, 0.25) is 11.8 Å². The largest absolute Gasteiger partial charge is 0.480 e. The Bertz CT molecular complexity index is 1510. The van der Waals surface area contributed by atoms with Gasteiger partial charge in [0.1, 0.15) is 30.8 Å². The lowest BCUT2D eigenvalue weighted by Crippen LogP contribution is -2.39. The monoisotopic (exact) mass is 585 g/mol. The number of fused-ring (bicyclic) bond motifs is 3. The average Bonchev–Trinajstić information content (AvgIpc) is 3.18. The summed E-state index contributed by atoms with van der Waals surface area (Å²) < 4.78 is 0. The molecule has 0 unspecified atom stereocenters. The van der Waals surface area contributed by atoms with Crippen molar-refractivity contribution in [2.45, 2.75) is 51.4 Å². The van der Waals surface area contributed by atoms with Crippen molar-refractivity contribution >= 4 is 40.2 Å². The second-order valence-electron chi connectivity index (χ2n) is 10.8. The summed E-state index contributed by atoms with van der Waals surface area (Å²) in [6, 6.07) is 15.9. The van der Waals surface area contributed by atoms with Gasteiger partial charge in [-0.15, -0.1) is 0 Å². The molecule has 224 valence electrons. The standard InChI is InChI=1S/C32H35N5O6/c1-32(2)26(14-11-22(18-33)19-34)37(25-13-12-23-8-5-6-9-24(23)31(25)32)17-15-27(38)35-16-7-3-4-10-28(39)36(20-29(40)41)21-30(42)43/h5-6,8-9,11-14H,3-4,7,10,15-17,20-21H2,1-2H3,(H,35,38)(H,40,41)(H,42,43)/b26-14+. The van der Waals surface area contributed by atoms with Gasteiger partial charge >= 0.3 is 11.9 Å². The van der Waals surface area contributed by atoms with Crippen molar-refractivity contribution < 1.29 is 29.4 Å². The molecule has 2 aromatic carbocycles. The minimum absolute atomic E-state index is 0.0139. The molecule has 0 spiro atoms. The Balaban J connectivity index is 1.60. The van der Waals surface area contributed by atoms with Gasteiger partial charge in [0, 0.05) is 42.7 Å². The summed E-state index contributed by atoms with van der Waals surface area (Å²) in [4.78, 5) is 49.6. The lowest BCUT2D eigenvalue weighted by atomic mass is 9.81. The van der Waals surface area contributed by atoms with E-state index in [0.717, 1.165) is 32.6 Å². The molecule has 0 radical (unpaired) electrons. The highest BCUT2D eigenvalue weighted by atomic mass is 16.4. The molecule has 0 bridgehead atoms. The molecule has 3 rings (SSSR count). The van der Waals surface area contributed by atoms with E-state index in [2.05, 4.69) is 30.1 Å². The van der Waals surface area contributed by atoms with Crippen molar-refractivity contribution in [1.29, 1.82) is 10.5 Å². The third-order valence-corrected chi connectivity index (χ3v) is 7.36. The van der Waals surface area contributed by atoms with Crippen LogP contribution in [0.15, 0.2) is 59.8 Å². The minimum atomic E-state index is -1.28. The predicted octanol–water partition coefficient (Wildman–Crippen LogP) is 3.86. The van der Waals surface area contributed by atoms with Crippen LogP contribution < -0.4 is 10.2 Å². The van der Waals surface area contributed by atoms with Crippen molar-refractivity contribution in [2.75, 3.05) is 31.1 Å². The third kappa shape index (κ3) is 8.20. The number of anilines is 1. The van der Waals surface area contributed by atoms with E-state index in [1.165, 1.54) is 6.08 Å². The summed E-state index contributed by atoms with van der Waals surface area (Å²) in [6.07, 6.45) is 5.15. The van der Waals surface area contributed by atoms with E-state index in [-0.39, 0.29) is 24.3 Å². The number of benzene rings is 2. The molecular formula is C32H35N5O6. The Hall–Kier alpha value is -5.16. The fourth-order valence-corrected chi connectivity index (χ4v) is 5.36. The van der Waals surface area contributed by atoms with Crippen LogP contribution in [0.5, 0.6) is 0 Å². The smallest absolute Gasteiger partial charge is 0.323 e. The van der Waals surface area contributed by atoms with E-state index in [1.807, 2.05) is 42.5 Å². The Morgan fingerprint density at radius 2 is 1.63 bits per heavy atom. The quantitative estimate of drug-likeness (QED) is 0.220. The third-order valence-electron chi connectivity index (χ3n) is 7.36. The molecule has 0 saturated heterocycles. The van der Waals surface area contributed by atoms with E-state index >= 15 is 0 Å². The number of carboxylic acid groups (broad SMARTS) is 2. The number of rotatable bonds is 14. The minimum Gasteiger partial charge on any atom is -0.480 e. The van der Waals surface area contributed by atoms with Crippen LogP contribution in [0.4, 0.5) is 5.69 Å². The number of amides is 2. The molecule has 2 amide bonds. The van der Waals surface area contributed by atoms with E-state index in [9.17, 15) is 29.7 Å². The van der Waals surface area contributed by atoms with Gasteiger partial charge in [0.15, 0.2) is 0 Å². The van der Waals surface area contributed by atoms with Gasteiger partial charge in [-0.25, -0.2) is 0 Å². The Kier molecular flexibility index (Phi) is 11.0. The summed E-state index contributed by atoms with van der Waals surface area (Å²) in [6.45, 7) is 3.62. The summed E-state index contributed by atoms with van der Waals surface area (Å²) in [5.41, 5.74) is 2.48. The van der Waals surface area contributed by atoms with Gasteiger partial charge in [0.25, 0.3) is 0 Å². The van der Waals surface area contributed by atoms with Crippen molar-refractivity contribution in [3.63, 3.8) is 0 Å². The molecule has 1 aliphatic rings. The number of carbonyl (C=O) groups excluding carboxylic acids is 2. The zero-order chi connectivity index (χ0) is 31.6. The molecule has 11 heteroatoms. The summed E-state index contributed by atoms with van der Waals surface area (Å²) >= 11 is 0. The number of carboxylic acids is 2. The maximum absolute atomic E-state index is 12.8. The van der Waals surface area contributed by atoms with Gasteiger partial charge in [-0.2, -0.15) is 10.5 Å². The molecule has 3 N–H and O–H groups in total. The van der Waals surface area contributed by atoms with Crippen LogP contribution in [0.25, 0.3) is 10.8 Å². The Morgan fingerprint density at radius 3 is 2.28 bits per heavy atom. The van der Waals surface area contributed by atoms with Crippen LogP contribution in [-0.2, 0) is 24.6 Å². The molecular weight excluding hydrogens is 550 g/mol. The number of hydrogen-bond acceptors (Lipinski definition) is 7. The number of nitrogens with one attached hydrogen (secondary N) is 1. The molecule has 0 fully saturated rings. The highest BCUT2D eigenvalue weighted by Gasteiger charge is 2.41. The van der Waals surface area contributed by atoms with Crippen molar-refractivity contribution in [3.05, 3.63) is 65.4 Å². The molecule has 11 nitrogen and oxygen atoms in total. The molecule has 0 aromatic heterocycles. The number of aliphatic carboxylic acids is 2. The highest BCUT2D eigenvalue weighted by molar-refractivity contribution is 5.95. The van der Waals surface area contributed by atoms with Gasteiger partial charge in [-0.1, -0.05) is 50.6 Å². The van der Waals surface area contributed by atoms with Gasteiger partial charge < -0.3 is 25.3 Å². The lowest BCUT2D eigenvalue weighted by molar-refractivity contribution is -0.149. The van der Waals surface area contributed by atoms with Crippen molar-refractivity contribution in [2.24, 2.45) is 0 Å². The SMILES string of the molecule is CC1(C)/C(=C\C=C(C#N)C#N)N(CCC(=O)NCCCCCC(=O)N(CC(=O)O)CC(=O)O)c2ccc3ccccc3c21. The first kappa shape index (κ1) is 32.4. The van der Waals surface area contributed by atoms with E-state index < -0.39 is 36.4 Å². The number of nitrogens with zero attached hydrogens (tertiary/aromatic N) is 4. The van der Waals surface area contributed by atoms with Crippen LogP contribution in [0.1, 0.15) is 51.5 Å². The first-order valence-corrected chi connectivity index (χ1v) is 14.0. The summed E-state index contributed by atoms with van der Waals surface area (Å²) in [7, 11) is 0. The van der Waals surface area contributed by atoms with Gasteiger partial charge in [0.05, 0.1) is 0 Å². The second-order valence-corrected chi connectivity index (χ2v) is 10.8. The maximum Gasteiger partial charge on any atom is 0.323 e. The van der Waals surface area contributed by atoms with Crippen molar-refractivity contribution in [3.8, 4) is 12.1 Å². The molecule has 0 aliphatic carbocycles. The Labute approximate surface area is 250 Å². The summed E-state index contributed by atoms with van der Waals surface area (Å²) in [5.74, 6) is -3.24. The Morgan fingerprint density at radius 1 is 0.953 bits per heavy atom. The average molecular weight is 586 g/mol. The van der Waals surface area contributed by atoms with Crippen molar-refractivity contribution in [1.82, 2.24) is 10.2 Å². The van der Waals surface area contributed by atoms with E-state index in [4.69, 9.17) is 10.2 Å². The first-order chi connectivity index (χ1) is 20.5. The topological polar surface area (TPSA) is 175 Å². The molecule has 1 heterocycles. The van der Waals surface area contributed by atoms with Crippen LogP contribution in [0.2, 0.25) is 0 Å². The van der Waals surface area contributed by atoms with E-state index in [1.54, 1.807) is 6.08 Å². The predicted molar refractivity (Wildman–Crippen MR) is 160 cm³/mol. The summed E-state index contributed by atoms with van der Waals surface area (Å²) in [5, 5.41) is 41.4. The van der Waals surface area contributed by atoms with Crippen LogP contribution in [0, 0.1) is 22.7 Å². The fraction of sp³-hybridized carbons (Fsp3) is 0.375. The van der Waals surface area contributed by atoms with Crippen LogP contribution >= 0.6 is 0 Å². The maximum atomic E-state index is 12.8. The highest BCUT2D eigenvalue weighted by Crippen LogP contribution is 2.50.